The number of carbonyl (C=O) groups is 4. The number of nitrogens with one attached hydrogen (secondary N) is 1. The molecule has 0 radical (unpaired) electrons. The molecule has 0 saturated carbocycles. The molecular weight excluding hydrogens is 640 g/mol. The molecule has 0 aromatic heterocycles. The number of aliphatic hydroxyl groups is 1. The highest BCUT2D eigenvalue weighted by Gasteiger charge is 2.65. The maximum Gasteiger partial charge on any atom is 0.407 e. The molecule has 0 aliphatic carbocycles. The number of amides is 1. The SMILES string of the molecule is CC(CC(O)(P(=O)(O)OCOC(=O)C(C)C)P(=O)(OCOC(=O)C(C)C)OCOC(=O)C(C)C)NC(=O)OCc1ccccc1. The summed E-state index contributed by atoms with van der Waals surface area (Å²) in [6, 6.07) is 7.32. The lowest BCUT2D eigenvalue weighted by molar-refractivity contribution is -0.157. The Bertz CT molecular complexity index is 1190. The van der Waals surface area contributed by atoms with Gasteiger partial charge in [0.1, 0.15) is 6.61 Å². The van der Waals surface area contributed by atoms with E-state index in [1.165, 1.54) is 48.5 Å². The molecule has 1 amide bonds. The molecule has 1 aromatic rings. The van der Waals surface area contributed by atoms with E-state index in [1.54, 1.807) is 30.3 Å². The van der Waals surface area contributed by atoms with E-state index in [9.17, 15) is 38.3 Å². The van der Waals surface area contributed by atoms with Crippen LogP contribution in [0.25, 0.3) is 0 Å². The average molecular weight is 684 g/mol. The van der Waals surface area contributed by atoms with Crippen molar-refractivity contribution in [3.63, 3.8) is 0 Å². The summed E-state index contributed by atoms with van der Waals surface area (Å²) in [5.41, 5.74) is 0.652. The molecule has 3 atom stereocenters. The monoisotopic (exact) mass is 683 g/mol. The van der Waals surface area contributed by atoms with Gasteiger partial charge in [-0.25, -0.2) is 4.79 Å². The minimum absolute atomic E-state index is 0.139. The van der Waals surface area contributed by atoms with E-state index >= 15 is 0 Å². The van der Waals surface area contributed by atoms with Crippen LogP contribution >= 0.6 is 15.2 Å². The van der Waals surface area contributed by atoms with Gasteiger partial charge in [-0.2, -0.15) is 0 Å². The number of alkyl carbamates (subject to hydrolysis) is 1. The summed E-state index contributed by atoms with van der Waals surface area (Å²) in [5.74, 6) is -4.44. The molecule has 0 fully saturated rings. The predicted octanol–water partition coefficient (Wildman–Crippen LogP) is 4.24. The topological polar surface area (TPSA) is 220 Å². The van der Waals surface area contributed by atoms with Crippen LogP contribution in [0, 0.1) is 17.8 Å². The molecule has 1 aromatic carbocycles. The first-order chi connectivity index (χ1) is 20.8. The molecule has 0 aliphatic rings. The second-order valence-corrected chi connectivity index (χ2v) is 15.3. The van der Waals surface area contributed by atoms with Gasteiger partial charge >= 0.3 is 39.2 Å². The molecule has 256 valence electrons. The quantitative estimate of drug-likeness (QED) is 0.0804. The van der Waals surface area contributed by atoms with E-state index in [0.29, 0.717) is 5.56 Å². The van der Waals surface area contributed by atoms with Gasteiger partial charge in [0.2, 0.25) is 20.4 Å². The zero-order chi connectivity index (χ0) is 34.4. The Morgan fingerprint density at radius 3 is 1.58 bits per heavy atom. The Morgan fingerprint density at radius 2 is 1.16 bits per heavy atom. The van der Waals surface area contributed by atoms with Gasteiger partial charge in [-0.15, -0.1) is 0 Å². The van der Waals surface area contributed by atoms with Gasteiger partial charge in [-0.1, -0.05) is 71.9 Å². The molecule has 0 heterocycles. The Morgan fingerprint density at radius 1 is 0.733 bits per heavy atom. The van der Waals surface area contributed by atoms with Crippen molar-refractivity contribution in [2.45, 2.75) is 72.6 Å². The molecule has 3 unspecified atom stereocenters. The van der Waals surface area contributed by atoms with Crippen LogP contribution in [-0.4, -0.2) is 65.5 Å². The summed E-state index contributed by atoms with van der Waals surface area (Å²) in [6.07, 6.45) is -2.07. The molecule has 18 heteroatoms. The van der Waals surface area contributed by atoms with Crippen molar-refractivity contribution in [3.8, 4) is 0 Å². The number of benzene rings is 1. The van der Waals surface area contributed by atoms with E-state index in [4.69, 9.17) is 32.5 Å². The largest absolute Gasteiger partial charge is 0.445 e. The fourth-order valence-electron chi connectivity index (χ4n) is 3.12. The molecule has 0 spiro atoms. The van der Waals surface area contributed by atoms with Gasteiger partial charge in [-0.05, 0) is 12.5 Å². The van der Waals surface area contributed by atoms with Gasteiger partial charge in [-0.3, -0.25) is 37.1 Å². The van der Waals surface area contributed by atoms with E-state index in [1.807, 2.05) is 0 Å². The maximum absolute atomic E-state index is 14.2. The van der Waals surface area contributed by atoms with Crippen LogP contribution in [0.2, 0.25) is 0 Å². The molecule has 45 heavy (non-hydrogen) atoms. The van der Waals surface area contributed by atoms with Gasteiger partial charge in [0.05, 0.1) is 17.8 Å². The first kappa shape index (κ1) is 40.2. The summed E-state index contributed by atoms with van der Waals surface area (Å²) in [4.78, 5) is 59.2. The van der Waals surface area contributed by atoms with Crippen LogP contribution in [0.15, 0.2) is 30.3 Å². The third-order valence-corrected chi connectivity index (χ3v) is 10.7. The Balaban J connectivity index is 3.37. The van der Waals surface area contributed by atoms with Crippen molar-refractivity contribution in [1.82, 2.24) is 5.32 Å². The van der Waals surface area contributed by atoms with Gasteiger partial charge in [0.15, 0.2) is 0 Å². The lowest BCUT2D eigenvalue weighted by atomic mass is 10.2. The van der Waals surface area contributed by atoms with Crippen LogP contribution < -0.4 is 5.32 Å². The maximum atomic E-state index is 14.2. The highest BCUT2D eigenvalue weighted by molar-refractivity contribution is 7.73. The number of hydrogen-bond donors (Lipinski definition) is 3. The smallest absolute Gasteiger partial charge is 0.407 e. The van der Waals surface area contributed by atoms with Crippen molar-refractivity contribution < 1.29 is 70.8 Å². The van der Waals surface area contributed by atoms with E-state index in [2.05, 4.69) is 5.32 Å². The zero-order valence-corrected chi connectivity index (χ0v) is 28.1. The summed E-state index contributed by atoms with van der Waals surface area (Å²) in [6.45, 7) is 6.57. The Hall–Kier alpha value is -2.84. The van der Waals surface area contributed by atoms with Gasteiger partial charge < -0.3 is 34.3 Å². The van der Waals surface area contributed by atoms with Crippen LogP contribution in [0.4, 0.5) is 4.79 Å². The molecular formula is C27H43NO15P2. The number of ether oxygens (including phenoxy) is 4. The predicted molar refractivity (Wildman–Crippen MR) is 157 cm³/mol. The summed E-state index contributed by atoms with van der Waals surface area (Å²) in [5, 5.41) is 10.5. The molecule has 1 rings (SSSR count). The lowest BCUT2D eigenvalue weighted by Gasteiger charge is -2.37. The molecule has 3 N–H and O–H groups in total. The summed E-state index contributed by atoms with van der Waals surface area (Å²) < 4.78 is 62.4. The minimum Gasteiger partial charge on any atom is -0.445 e. The normalized spacial score (nSPS) is 15.1. The standard InChI is InChI=1S/C27H43NO15P2/c1-18(2)23(29)38-15-41-44(34,35)27(33,13-21(7)28-26(32)37-14-22-11-9-8-10-12-22)45(36,42-16-39-24(30)19(3)4)43-17-40-25(31)20(5)6/h8-12,18-21,33H,13-17H2,1-7H3,(H,28,32)(H,34,35). The van der Waals surface area contributed by atoms with E-state index < -0.39 is 94.9 Å². The second kappa shape index (κ2) is 18.3. The summed E-state index contributed by atoms with van der Waals surface area (Å²) >= 11 is 0. The van der Waals surface area contributed by atoms with Crippen molar-refractivity contribution in [2.24, 2.45) is 17.8 Å². The first-order valence-electron chi connectivity index (χ1n) is 13.9. The number of carbonyl (C=O) groups excluding carboxylic acids is 4. The third-order valence-electron chi connectivity index (χ3n) is 5.74. The Labute approximate surface area is 262 Å². The van der Waals surface area contributed by atoms with Crippen LogP contribution in [0.1, 0.15) is 60.5 Å². The number of esters is 3. The fraction of sp³-hybridized carbons (Fsp3) is 0.630. The van der Waals surface area contributed by atoms with Crippen LogP contribution in [0.3, 0.4) is 0 Å². The van der Waals surface area contributed by atoms with E-state index in [-0.39, 0.29) is 6.61 Å². The van der Waals surface area contributed by atoms with Gasteiger partial charge in [0.25, 0.3) is 5.08 Å². The average Bonchev–Trinajstić information content (AvgIpc) is 2.95. The summed E-state index contributed by atoms with van der Waals surface area (Å²) in [7, 11) is -11.1. The number of hydrogen-bond acceptors (Lipinski definition) is 14. The third kappa shape index (κ3) is 12.8. The van der Waals surface area contributed by atoms with Crippen LogP contribution in [-0.2, 0) is 62.6 Å². The van der Waals surface area contributed by atoms with Crippen molar-refractivity contribution >= 4 is 39.2 Å². The van der Waals surface area contributed by atoms with Gasteiger partial charge in [0, 0.05) is 12.5 Å². The molecule has 0 bridgehead atoms. The highest BCUT2D eigenvalue weighted by atomic mass is 31.2. The number of rotatable bonds is 19. The minimum atomic E-state index is -5.66. The lowest BCUT2D eigenvalue weighted by Crippen LogP contribution is -2.42. The van der Waals surface area contributed by atoms with Crippen LogP contribution in [0.5, 0.6) is 0 Å². The molecule has 0 aliphatic heterocycles. The van der Waals surface area contributed by atoms with Crippen molar-refractivity contribution in [1.29, 1.82) is 0 Å². The molecule has 0 saturated heterocycles. The highest BCUT2D eigenvalue weighted by Crippen LogP contribution is 2.76. The zero-order valence-electron chi connectivity index (χ0n) is 26.3. The van der Waals surface area contributed by atoms with Crippen molar-refractivity contribution in [2.75, 3.05) is 20.4 Å². The van der Waals surface area contributed by atoms with E-state index in [0.717, 1.165) is 0 Å². The Kier molecular flexibility index (Phi) is 16.4. The second-order valence-electron chi connectivity index (χ2n) is 10.7. The fourth-order valence-corrected chi connectivity index (χ4v) is 7.15. The first-order valence-corrected chi connectivity index (χ1v) is 17.0. The van der Waals surface area contributed by atoms with Crippen molar-refractivity contribution in [3.05, 3.63) is 35.9 Å². The molecule has 16 nitrogen and oxygen atoms in total.